The topological polar surface area (TPSA) is 64.4 Å². The van der Waals surface area contributed by atoms with Gasteiger partial charge >= 0.3 is 5.97 Å². The molecular weight excluding hydrogens is 374 g/mol. The van der Waals surface area contributed by atoms with E-state index in [9.17, 15) is 9.59 Å². The van der Waals surface area contributed by atoms with E-state index in [4.69, 9.17) is 9.72 Å². The second-order valence-electron chi connectivity index (χ2n) is 8.06. The summed E-state index contributed by atoms with van der Waals surface area (Å²) in [6, 6.07) is -0.635. The van der Waals surface area contributed by atoms with Crippen LogP contribution in [0.15, 0.2) is 4.79 Å². The lowest BCUT2D eigenvalue weighted by molar-refractivity contribution is -0.148. The zero-order valence-corrected chi connectivity index (χ0v) is 18.4. The number of carbonyl (C=O) groups excluding carboxylic acids is 1. The Bertz CT molecular complexity index is 916. The number of esters is 1. The number of aryl methyl sites for hydroxylation is 1. The maximum atomic E-state index is 13.6. The van der Waals surface area contributed by atoms with E-state index in [0.717, 1.165) is 41.5 Å². The molecule has 0 amide bonds. The summed E-state index contributed by atoms with van der Waals surface area (Å²) < 4.78 is 7.00. The van der Waals surface area contributed by atoms with Crippen molar-refractivity contribution in [2.45, 2.75) is 65.5 Å². The highest BCUT2D eigenvalue weighted by molar-refractivity contribution is 7.18. The third-order valence-corrected chi connectivity index (χ3v) is 6.46. The monoisotopic (exact) mass is 405 g/mol. The van der Waals surface area contributed by atoms with Crippen molar-refractivity contribution in [1.29, 1.82) is 0 Å². The van der Waals surface area contributed by atoms with Crippen LogP contribution in [-0.2, 0) is 28.9 Å². The zero-order valence-electron chi connectivity index (χ0n) is 17.6. The highest BCUT2D eigenvalue weighted by Gasteiger charge is 2.29. The second-order valence-corrected chi connectivity index (χ2v) is 9.15. The lowest BCUT2D eigenvalue weighted by atomic mass is 9.89. The summed E-state index contributed by atoms with van der Waals surface area (Å²) in [5.74, 6) is 0.927. The van der Waals surface area contributed by atoms with Crippen molar-refractivity contribution >= 4 is 27.5 Å². The van der Waals surface area contributed by atoms with Crippen LogP contribution >= 0.6 is 11.3 Å². The second kappa shape index (κ2) is 8.74. The van der Waals surface area contributed by atoms with Crippen LogP contribution in [0.3, 0.4) is 0 Å². The normalized spacial score (nSPS) is 17.7. The van der Waals surface area contributed by atoms with Gasteiger partial charge in [-0.3, -0.25) is 9.36 Å². The van der Waals surface area contributed by atoms with E-state index >= 15 is 0 Å². The Balaban J connectivity index is 2.19. The molecule has 6 nitrogen and oxygen atoms in total. The van der Waals surface area contributed by atoms with Crippen LogP contribution in [0.25, 0.3) is 10.2 Å². The number of aromatic nitrogens is 2. The number of carbonyl (C=O) groups is 1. The molecule has 0 bridgehead atoms. The molecule has 0 fully saturated rings. The molecule has 0 saturated carbocycles. The van der Waals surface area contributed by atoms with Gasteiger partial charge in [-0.1, -0.05) is 20.8 Å². The molecule has 0 radical (unpaired) electrons. The summed E-state index contributed by atoms with van der Waals surface area (Å²) in [5, 5.41) is 0.719. The highest BCUT2D eigenvalue weighted by atomic mass is 32.1. The molecule has 0 N–H and O–H groups in total. The van der Waals surface area contributed by atoms with Gasteiger partial charge in [0, 0.05) is 4.88 Å². The first kappa shape index (κ1) is 21.0. The van der Waals surface area contributed by atoms with Gasteiger partial charge in [-0.2, -0.15) is 0 Å². The molecule has 154 valence electrons. The number of fused-ring (bicyclic) bond motifs is 3. The number of hydrogen-bond acceptors (Lipinski definition) is 6. The molecule has 1 aliphatic carbocycles. The van der Waals surface area contributed by atoms with E-state index in [1.165, 1.54) is 4.88 Å². The van der Waals surface area contributed by atoms with E-state index in [2.05, 4.69) is 6.92 Å². The lowest BCUT2D eigenvalue weighted by Gasteiger charge is -2.22. The number of ether oxygens (including phenoxy) is 1. The minimum atomic E-state index is -0.635. The molecule has 2 heterocycles. The van der Waals surface area contributed by atoms with E-state index in [1.807, 2.05) is 32.8 Å². The summed E-state index contributed by atoms with van der Waals surface area (Å²) in [7, 11) is 3.89. The van der Waals surface area contributed by atoms with Crippen LogP contribution in [0.1, 0.15) is 62.3 Å². The highest BCUT2D eigenvalue weighted by Crippen LogP contribution is 2.36. The van der Waals surface area contributed by atoms with Crippen molar-refractivity contribution in [2.75, 3.05) is 20.7 Å². The minimum absolute atomic E-state index is 0.0887. The quantitative estimate of drug-likeness (QED) is 0.659. The van der Waals surface area contributed by atoms with Gasteiger partial charge in [0.2, 0.25) is 0 Å². The predicted octanol–water partition coefficient (Wildman–Crippen LogP) is 3.55. The van der Waals surface area contributed by atoms with Crippen molar-refractivity contribution in [1.82, 2.24) is 14.5 Å². The number of thiophene rings is 1. The van der Waals surface area contributed by atoms with Gasteiger partial charge in [0.1, 0.15) is 16.7 Å². The van der Waals surface area contributed by atoms with Crippen molar-refractivity contribution in [3.63, 3.8) is 0 Å². The molecule has 3 rings (SSSR count). The van der Waals surface area contributed by atoms with E-state index < -0.39 is 6.04 Å². The number of rotatable bonds is 7. The molecule has 28 heavy (non-hydrogen) atoms. The largest absolute Gasteiger partial charge is 0.464 e. The van der Waals surface area contributed by atoms with Gasteiger partial charge in [0.25, 0.3) is 5.56 Å². The SMILES string of the molecule is CCCOC(=O)C(CC)n1c(CN(C)C)nc2sc3c(c2c1=O)CCC(C)C3. The summed E-state index contributed by atoms with van der Waals surface area (Å²) in [4.78, 5) is 35.3. The summed E-state index contributed by atoms with van der Waals surface area (Å²) in [6.07, 6.45) is 4.27. The summed E-state index contributed by atoms with van der Waals surface area (Å²) >= 11 is 1.65. The standard InChI is InChI=1S/C21H31N3O3S/c1-6-10-27-21(26)15(7-2)24-17(12-23(4)5)22-19-18(20(24)25)14-9-8-13(3)11-16(14)28-19/h13,15H,6-12H2,1-5H3. The molecule has 1 aliphatic rings. The van der Waals surface area contributed by atoms with Gasteiger partial charge in [0.15, 0.2) is 0 Å². The molecule has 2 aromatic heterocycles. The Morgan fingerprint density at radius 2 is 2.14 bits per heavy atom. The first-order valence-electron chi connectivity index (χ1n) is 10.2. The Morgan fingerprint density at radius 3 is 2.79 bits per heavy atom. The molecule has 2 aromatic rings. The molecule has 0 saturated heterocycles. The van der Waals surface area contributed by atoms with Crippen molar-refractivity contribution in [3.8, 4) is 0 Å². The molecule has 2 unspecified atom stereocenters. The molecule has 7 heteroatoms. The predicted molar refractivity (Wildman–Crippen MR) is 113 cm³/mol. The van der Waals surface area contributed by atoms with Gasteiger partial charge in [-0.25, -0.2) is 9.78 Å². The molecule has 0 spiro atoms. The first-order valence-corrected chi connectivity index (χ1v) is 11.1. The fourth-order valence-electron chi connectivity index (χ4n) is 3.91. The van der Waals surface area contributed by atoms with Crippen molar-refractivity contribution in [3.05, 3.63) is 26.6 Å². The third kappa shape index (κ3) is 4.01. The van der Waals surface area contributed by atoms with Crippen LogP contribution < -0.4 is 5.56 Å². The van der Waals surface area contributed by atoms with E-state index in [-0.39, 0.29) is 11.5 Å². The Morgan fingerprint density at radius 1 is 1.39 bits per heavy atom. The fraction of sp³-hybridized carbons (Fsp3) is 0.667. The average Bonchev–Trinajstić information content (AvgIpc) is 2.99. The fourth-order valence-corrected chi connectivity index (χ4v) is 5.31. The molecular formula is C21H31N3O3S. The maximum Gasteiger partial charge on any atom is 0.329 e. The Labute approximate surface area is 170 Å². The molecule has 0 aliphatic heterocycles. The van der Waals surface area contributed by atoms with Crippen molar-refractivity contribution < 1.29 is 9.53 Å². The van der Waals surface area contributed by atoms with Gasteiger partial charge < -0.3 is 9.64 Å². The number of hydrogen-bond donors (Lipinski definition) is 0. The van der Waals surface area contributed by atoms with Crippen LogP contribution in [0, 0.1) is 5.92 Å². The van der Waals surface area contributed by atoms with Gasteiger partial charge in [0.05, 0.1) is 18.5 Å². The van der Waals surface area contributed by atoms with Gasteiger partial charge in [-0.05, 0) is 57.7 Å². The number of nitrogens with zero attached hydrogens (tertiary/aromatic N) is 3. The summed E-state index contributed by atoms with van der Waals surface area (Å²) in [5.41, 5.74) is 1.06. The van der Waals surface area contributed by atoms with Crippen LogP contribution in [0.5, 0.6) is 0 Å². The van der Waals surface area contributed by atoms with E-state index in [0.29, 0.717) is 31.3 Å². The van der Waals surface area contributed by atoms with Gasteiger partial charge in [-0.15, -0.1) is 11.3 Å². The third-order valence-electron chi connectivity index (χ3n) is 5.31. The lowest BCUT2D eigenvalue weighted by Crippen LogP contribution is -2.35. The first-order chi connectivity index (χ1) is 13.4. The molecule has 2 atom stereocenters. The zero-order chi connectivity index (χ0) is 20.4. The smallest absolute Gasteiger partial charge is 0.329 e. The van der Waals surface area contributed by atoms with Crippen LogP contribution in [-0.4, -0.2) is 41.1 Å². The van der Waals surface area contributed by atoms with Crippen LogP contribution in [0.2, 0.25) is 0 Å². The van der Waals surface area contributed by atoms with E-state index in [1.54, 1.807) is 15.9 Å². The molecule has 0 aromatic carbocycles. The maximum absolute atomic E-state index is 13.6. The Hall–Kier alpha value is -1.73. The minimum Gasteiger partial charge on any atom is -0.464 e. The average molecular weight is 406 g/mol. The van der Waals surface area contributed by atoms with Crippen molar-refractivity contribution in [2.24, 2.45) is 5.92 Å². The van der Waals surface area contributed by atoms with Crippen LogP contribution in [0.4, 0.5) is 0 Å². The Kier molecular flexibility index (Phi) is 6.55. The summed E-state index contributed by atoms with van der Waals surface area (Å²) in [6.45, 7) is 7.01.